The summed E-state index contributed by atoms with van der Waals surface area (Å²) in [7, 11) is -4.73. The van der Waals surface area contributed by atoms with Crippen LogP contribution < -0.4 is 15.5 Å². The van der Waals surface area contributed by atoms with Crippen molar-refractivity contribution in [3.8, 4) is 0 Å². The molecule has 0 radical (unpaired) electrons. The number of carbonyl (C=O) groups is 1. The van der Waals surface area contributed by atoms with Crippen LogP contribution in [-0.2, 0) is 36.1 Å². The van der Waals surface area contributed by atoms with Gasteiger partial charge in [-0.3, -0.25) is 9.36 Å². The van der Waals surface area contributed by atoms with Gasteiger partial charge in [-0.05, 0) is 63.8 Å². The van der Waals surface area contributed by atoms with Gasteiger partial charge in [-0.25, -0.2) is 23.4 Å². The lowest BCUT2D eigenvalue weighted by atomic mass is 9.78. The molecule has 0 bridgehead atoms. The molecule has 13 heteroatoms. The molecular formula is C25H27BCl2N4O5S. The van der Waals surface area contributed by atoms with E-state index in [0.29, 0.717) is 15.7 Å². The molecule has 2 aliphatic rings. The maximum atomic E-state index is 14.0. The highest BCUT2D eigenvalue weighted by molar-refractivity contribution is 7.89. The maximum absolute atomic E-state index is 14.0. The molecule has 1 aromatic heterocycles. The summed E-state index contributed by atoms with van der Waals surface area (Å²) in [5.74, 6) is -0.299. The molecular weight excluding hydrogens is 550 g/mol. The van der Waals surface area contributed by atoms with Gasteiger partial charge in [-0.2, -0.15) is 0 Å². The average molecular weight is 577 g/mol. The Labute approximate surface area is 232 Å². The minimum Gasteiger partial charge on any atom is -0.399 e. The number of hydrogen-bond donors (Lipinski definition) is 1. The van der Waals surface area contributed by atoms with Gasteiger partial charge in [0.2, 0.25) is 5.95 Å². The number of nitrogens with zero attached hydrogens (tertiary/aromatic N) is 3. The average Bonchev–Trinajstić information content (AvgIpc) is 3.38. The Morgan fingerprint density at radius 3 is 2.05 bits per heavy atom. The van der Waals surface area contributed by atoms with Crippen molar-refractivity contribution in [3.63, 3.8) is 0 Å². The van der Waals surface area contributed by atoms with Gasteiger partial charge in [-0.1, -0.05) is 47.5 Å². The zero-order chi connectivity index (χ0) is 27.8. The Balaban J connectivity index is 1.53. The molecule has 2 aromatic carbocycles. The number of carbonyl (C=O) groups excluding carboxylic acids is 1. The smallest absolute Gasteiger partial charge is 0.399 e. The van der Waals surface area contributed by atoms with E-state index in [-0.39, 0.29) is 17.4 Å². The molecule has 0 aliphatic carbocycles. The standard InChI is InChI=1S/C25H27BCl2N4O5S/c1-23(2)24(3,4)37-26(36-23)16-8-6-15(7-9-16)13-25(5)21(33)31(19-11-17(27)10-18(28)12-19)22-30-14-20(32(22)25)38(29,34)35/h6-12,14H,13H2,1-5H3,(H2,29,34,35)/t25-/m1/s1. The van der Waals surface area contributed by atoms with E-state index in [4.69, 9.17) is 37.6 Å². The van der Waals surface area contributed by atoms with Crippen LogP contribution in [0.3, 0.4) is 0 Å². The van der Waals surface area contributed by atoms with Crippen molar-refractivity contribution in [2.45, 2.75) is 62.8 Å². The molecule has 9 nitrogen and oxygen atoms in total. The maximum Gasteiger partial charge on any atom is 0.494 e. The number of fused-ring (bicyclic) bond motifs is 1. The highest BCUT2D eigenvalue weighted by Crippen LogP contribution is 2.44. The van der Waals surface area contributed by atoms with E-state index in [0.717, 1.165) is 17.2 Å². The number of rotatable bonds is 5. The summed E-state index contributed by atoms with van der Waals surface area (Å²) in [5.41, 5.74) is -0.344. The fourth-order valence-corrected chi connectivity index (χ4v) is 6.05. The predicted molar refractivity (Wildman–Crippen MR) is 147 cm³/mol. The Bertz CT molecular complexity index is 1520. The van der Waals surface area contributed by atoms with E-state index in [1.165, 1.54) is 15.5 Å². The zero-order valence-electron chi connectivity index (χ0n) is 21.5. The van der Waals surface area contributed by atoms with Crippen molar-refractivity contribution in [1.82, 2.24) is 9.55 Å². The van der Waals surface area contributed by atoms with E-state index in [9.17, 15) is 13.2 Å². The summed E-state index contributed by atoms with van der Waals surface area (Å²) in [4.78, 5) is 19.5. The normalized spacial score (nSPS) is 22.3. The third-order valence-corrected chi connectivity index (χ3v) is 8.83. The largest absolute Gasteiger partial charge is 0.494 e. The molecule has 1 saturated heterocycles. The van der Waals surface area contributed by atoms with Crippen molar-refractivity contribution >= 4 is 63.3 Å². The minimum absolute atomic E-state index is 0.105. The van der Waals surface area contributed by atoms with Crippen molar-refractivity contribution in [2.24, 2.45) is 5.14 Å². The molecule has 2 N–H and O–H groups in total. The number of primary sulfonamides is 1. The van der Waals surface area contributed by atoms with Gasteiger partial charge in [-0.15, -0.1) is 0 Å². The van der Waals surface area contributed by atoms with Crippen molar-refractivity contribution in [2.75, 3.05) is 4.90 Å². The number of amides is 1. The van der Waals surface area contributed by atoms with Crippen molar-refractivity contribution in [1.29, 1.82) is 0 Å². The van der Waals surface area contributed by atoms with Crippen LogP contribution in [0.5, 0.6) is 0 Å². The van der Waals surface area contributed by atoms with Crippen LogP contribution in [0.2, 0.25) is 10.0 Å². The highest BCUT2D eigenvalue weighted by Gasteiger charge is 2.53. The van der Waals surface area contributed by atoms with Gasteiger partial charge in [0.15, 0.2) is 5.03 Å². The molecule has 0 unspecified atom stereocenters. The second-order valence-electron chi connectivity index (χ2n) is 10.8. The molecule has 1 amide bonds. The Hall–Kier alpha value is -2.41. The number of sulfonamides is 1. The molecule has 1 atom stereocenters. The lowest BCUT2D eigenvalue weighted by molar-refractivity contribution is -0.124. The molecule has 38 heavy (non-hydrogen) atoms. The van der Waals surface area contributed by atoms with Gasteiger partial charge in [0.25, 0.3) is 15.9 Å². The van der Waals surface area contributed by atoms with E-state index >= 15 is 0 Å². The van der Waals surface area contributed by atoms with Gasteiger partial charge in [0.1, 0.15) is 5.54 Å². The second kappa shape index (κ2) is 8.80. The van der Waals surface area contributed by atoms with Gasteiger partial charge >= 0.3 is 7.12 Å². The van der Waals surface area contributed by atoms with Crippen LogP contribution in [0.15, 0.2) is 53.7 Å². The first-order valence-electron chi connectivity index (χ1n) is 11.9. The second-order valence-corrected chi connectivity index (χ2v) is 13.2. The first-order valence-corrected chi connectivity index (χ1v) is 14.2. The third kappa shape index (κ3) is 4.35. The lowest BCUT2D eigenvalue weighted by Crippen LogP contribution is -2.42. The van der Waals surface area contributed by atoms with Crippen molar-refractivity contribution < 1.29 is 22.5 Å². The first kappa shape index (κ1) is 27.2. The van der Waals surface area contributed by atoms with E-state index < -0.39 is 39.8 Å². The van der Waals surface area contributed by atoms with Gasteiger partial charge in [0, 0.05) is 16.5 Å². The number of aromatic nitrogens is 2. The Kier molecular flexibility index (Phi) is 6.30. The van der Waals surface area contributed by atoms with Gasteiger partial charge < -0.3 is 9.31 Å². The summed E-state index contributed by atoms with van der Waals surface area (Å²) < 4.78 is 38.6. The summed E-state index contributed by atoms with van der Waals surface area (Å²) in [6.07, 6.45) is 1.31. The van der Waals surface area contributed by atoms with Crippen molar-refractivity contribution in [3.05, 3.63) is 64.3 Å². The molecule has 0 saturated carbocycles. The number of benzene rings is 2. The molecule has 0 spiro atoms. The van der Waals surface area contributed by atoms with Crippen LogP contribution in [0.25, 0.3) is 0 Å². The lowest BCUT2D eigenvalue weighted by Gasteiger charge is -2.32. The highest BCUT2D eigenvalue weighted by atomic mass is 35.5. The van der Waals surface area contributed by atoms with Gasteiger partial charge in [0.05, 0.1) is 23.1 Å². The summed E-state index contributed by atoms with van der Waals surface area (Å²) >= 11 is 12.4. The fraction of sp³-hybridized carbons (Fsp3) is 0.360. The van der Waals surface area contributed by atoms with Crippen LogP contribution >= 0.6 is 23.2 Å². The first-order chi connectivity index (χ1) is 17.5. The molecule has 1 fully saturated rings. The molecule has 2 aliphatic heterocycles. The van der Waals surface area contributed by atoms with Crippen LogP contribution in [0, 0.1) is 0 Å². The summed E-state index contributed by atoms with van der Waals surface area (Å²) in [5, 5.41) is 5.87. The van der Waals surface area contributed by atoms with Crippen LogP contribution in [-0.4, -0.2) is 42.2 Å². The number of imidazole rings is 1. The molecule has 3 heterocycles. The van der Waals surface area contributed by atoms with E-state index in [2.05, 4.69) is 4.98 Å². The van der Waals surface area contributed by atoms with Crippen LogP contribution in [0.4, 0.5) is 11.6 Å². The number of anilines is 2. The fourth-order valence-electron chi connectivity index (χ4n) is 4.80. The minimum atomic E-state index is -4.20. The van der Waals surface area contributed by atoms with E-state index in [1.54, 1.807) is 19.1 Å². The monoisotopic (exact) mass is 576 g/mol. The predicted octanol–water partition coefficient (Wildman–Crippen LogP) is 3.77. The molecule has 200 valence electrons. The third-order valence-electron chi connectivity index (χ3n) is 7.52. The zero-order valence-corrected chi connectivity index (χ0v) is 23.9. The summed E-state index contributed by atoms with van der Waals surface area (Å²) in [6.45, 7) is 9.59. The number of halogens is 2. The molecule has 3 aromatic rings. The summed E-state index contributed by atoms with van der Waals surface area (Å²) in [6, 6.07) is 12.2. The topological polar surface area (TPSA) is 117 Å². The number of hydrogen-bond acceptors (Lipinski definition) is 6. The Morgan fingerprint density at radius 2 is 1.53 bits per heavy atom. The Morgan fingerprint density at radius 1 is 0.974 bits per heavy atom. The van der Waals surface area contributed by atoms with Crippen LogP contribution in [0.1, 0.15) is 40.2 Å². The van der Waals surface area contributed by atoms with E-state index in [1.807, 2.05) is 52.0 Å². The quantitative estimate of drug-likeness (QED) is 0.462. The molecule has 5 rings (SSSR count). The number of nitrogens with two attached hydrogens (primary N) is 1. The SMILES string of the molecule is CC1(C)OB(c2ccc(C[C@]3(C)C(=O)N(c4cc(Cl)cc(Cl)c4)c4ncc(S(N)(=O)=O)n43)cc2)OC1(C)C.